The van der Waals surface area contributed by atoms with Crippen molar-refractivity contribution < 1.29 is 23.5 Å². The first-order chi connectivity index (χ1) is 9.88. The highest BCUT2D eigenvalue weighted by molar-refractivity contribution is 5.88. The maximum absolute atomic E-state index is 13.9. The van der Waals surface area contributed by atoms with E-state index in [1.807, 2.05) is 0 Å². The molecule has 1 amide bonds. The zero-order chi connectivity index (χ0) is 15.6. The first kappa shape index (κ1) is 15.2. The molecule has 1 aliphatic rings. The van der Waals surface area contributed by atoms with Crippen LogP contribution < -0.4 is 10.2 Å². The van der Waals surface area contributed by atoms with Crippen LogP contribution in [-0.4, -0.2) is 36.1 Å². The Kier molecular flexibility index (Phi) is 4.40. The van der Waals surface area contributed by atoms with E-state index in [0.29, 0.717) is 25.9 Å². The molecule has 21 heavy (non-hydrogen) atoms. The van der Waals surface area contributed by atoms with Crippen LogP contribution in [0.25, 0.3) is 0 Å². The van der Waals surface area contributed by atoms with E-state index >= 15 is 0 Å². The molecule has 2 N–H and O–H groups in total. The summed E-state index contributed by atoms with van der Waals surface area (Å²) in [4.78, 5) is 23.3. The molecule has 0 spiro atoms. The van der Waals surface area contributed by atoms with Crippen LogP contribution in [0.1, 0.15) is 30.1 Å². The van der Waals surface area contributed by atoms with Crippen molar-refractivity contribution in [3.63, 3.8) is 0 Å². The molecule has 1 aliphatic heterocycles. The number of piperidine rings is 1. The maximum Gasteiger partial charge on any atom is 0.335 e. The van der Waals surface area contributed by atoms with Crippen LogP contribution in [0.15, 0.2) is 12.1 Å². The Morgan fingerprint density at radius 3 is 2.19 bits per heavy atom. The minimum atomic E-state index is -1.37. The van der Waals surface area contributed by atoms with Crippen LogP contribution in [0.4, 0.5) is 14.5 Å². The van der Waals surface area contributed by atoms with Gasteiger partial charge < -0.3 is 15.3 Å². The summed E-state index contributed by atoms with van der Waals surface area (Å²) in [6, 6.07) is 1.64. The largest absolute Gasteiger partial charge is 0.478 e. The summed E-state index contributed by atoms with van der Waals surface area (Å²) in [5, 5.41) is 11.5. The highest BCUT2D eigenvalue weighted by atomic mass is 19.1. The standard InChI is InChI=1S/C14H16F2N2O3/c1-8(19)17-10-2-4-18(5-3-10)13-11(15)6-9(14(20)21)7-12(13)16/h6-7,10H,2-5H2,1H3,(H,17,19)(H,20,21). The predicted molar refractivity (Wildman–Crippen MR) is 72.4 cm³/mol. The van der Waals surface area contributed by atoms with Gasteiger partial charge in [0.1, 0.15) is 17.3 Å². The second kappa shape index (κ2) is 6.07. The molecule has 0 unspecified atom stereocenters. The predicted octanol–water partition coefficient (Wildman–Crippen LogP) is 1.77. The monoisotopic (exact) mass is 298 g/mol. The number of carboxylic acids is 1. The van der Waals surface area contributed by atoms with Gasteiger partial charge in [0.15, 0.2) is 0 Å². The van der Waals surface area contributed by atoms with Gasteiger partial charge in [-0.1, -0.05) is 0 Å². The first-order valence-electron chi connectivity index (χ1n) is 6.63. The van der Waals surface area contributed by atoms with E-state index in [4.69, 9.17) is 5.11 Å². The number of nitrogens with zero attached hydrogens (tertiary/aromatic N) is 1. The maximum atomic E-state index is 13.9. The van der Waals surface area contributed by atoms with Crippen molar-refractivity contribution in [1.29, 1.82) is 0 Å². The number of carbonyl (C=O) groups excluding carboxylic acids is 1. The molecule has 0 atom stereocenters. The van der Waals surface area contributed by atoms with Gasteiger partial charge in [0.2, 0.25) is 5.91 Å². The van der Waals surface area contributed by atoms with Gasteiger partial charge in [-0.2, -0.15) is 0 Å². The first-order valence-corrected chi connectivity index (χ1v) is 6.63. The van der Waals surface area contributed by atoms with Crippen LogP contribution in [0.5, 0.6) is 0 Å². The van der Waals surface area contributed by atoms with E-state index in [-0.39, 0.29) is 17.6 Å². The molecule has 5 nitrogen and oxygen atoms in total. The minimum Gasteiger partial charge on any atom is -0.478 e. The highest BCUT2D eigenvalue weighted by Crippen LogP contribution is 2.27. The van der Waals surface area contributed by atoms with Gasteiger partial charge in [0.05, 0.1) is 5.56 Å². The van der Waals surface area contributed by atoms with E-state index in [0.717, 1.165) is 12.1 Å². The fourth-order valence-electron chi connectivity index (χ4n) is 2.53. The number of carbonyl (C=O) groups is 2. The topological polar surface area (TPSA) is 69.6 Å². The molecule has 0 saturated carbocycles. The van der Waals surface area contributed by atoms with Gasteiger partial charge in [-0.05, 0) is 25.0 Å². The minimum absolute atomic E-state index is 0.00293. The molecule has 0 bridgehead atoms. The van der Waals surface area contributed by atoms with E-state index in [1.165, 1.54) is 11.8 Å². The van der Waals surface area contributed by atoms with E-state index in [9.17, 15) is 18.4 Å². The SMILES string of the molecule is CC(=O)NC1CCN(c2c(F)cc(C(=O)O)cc2F)CC1. The van der Waals surface area contributed by atoms with Crippen molar-refractivity contribution in [3.05, 3.63) is 29.3 Å². The second-order valence-corrected chi connectivity index (χ2v) is 5.06. The van der Waals surface area contributed by atoms with Crippen molar-refractivity contribution >= 4 is 17.6 Å². The molecule has 0 aliphatic carbocycles. The van der Waals surface area contributed by atoms with E-state index in [1.54, 1.807) is 0 Å². The average molecular weight is 298 g/mol. The molecule has 1 fully saturated rings. The molecule has 1 aromatic carbocycles. The number of hydrogen-bond acceptors (Lipinski definition) is 3. The van der Waals surface area contributed by atoms with Crippen LogP contribution in [0.2, 0.25) is 0 Å². The van der Waals surface area contributed by atoms with Crippen molar-refractivity contribution in [2.45, 2.75) is 25.8 Å². The van der Waals surface area contributed by atoms with Crippen molar-refractivity contribution in [1.82, 2.24) is 5.32 Å². The number of rotatable bonds is 3. The Balaban J connectivity index is 2.13. The smallest absolute Gasteiger partial charge is 0.335 e. The van der Waals surface area contributed by atoms with Crippen LogP contribution in [0, 0.1) is 11.6 Å². The van der Waals surface area contributed by atoms with Crippen molar-refractivity contribution in [2.75, 3.05) is 18.0 Å². The highest BCUT2D eigenvalue weighted by Gasteiger charge is 2.25. The van der Waals surface area contributed by atoms with Crippen LogP contribution >= 0.6 is 0 Å². The van der Waals surface area contributed by atoms with Crippen molar-refractivity contribution in [2.24, 2.45) is 0 Å². The summed E-state index contributed by atoms with van der Waals surface area (Å²) in [7, 11) is 0. The Bertz CT molecular complexity index is 546. The number of benzene rings is 1. The summed E-state index contributed by atoms with van der Waals surface area (Å²) in [6.45, 7) is 2.22. The lowest BCUT2D eigenvalue weighted by Gasteiger charge is -2.34. The van der Waals surface area contributed by atoms with Gasteiger partial charge in [0, 0.05) is 26.1 Å². The zero-order valence-corrected chi connectivity index (χ0v) is 11.5. The molecule has 0 aromatic heterocycles. The zero-order valence-electron chi connectivity index (χ0n) is 11.5. The lowest BCUT2D eigenvalue weighted by atomic mass is 10.0. The molecule has 1 aromatic rings. The van der Waals surface area contributed by atoms with Gasteiger partial charge >= 0.3 is 5.97 Å². The molecule has 114 valence electrons. The number of nitrogens with one attached hydrogen (secondary N) is 1. The Hall–Kier alpha value is -2.18. The fraction of sp³-hybridized carbons (Fsp3) is 0.429. The Morgan fingerprint density at radius 1 is 1.24 bits per heavy atom. The number of hydrogen-bond donors (Lipinski definition) is 2. The quantitative estimate of drug-likeness (QED) is 0.892. The summed E-state index contributed by atoms with van der Waals surface area (Å²) in [5.41, 5.74) is -0.622. The third-order valence-corrected chi connectivity index (χ3v) is 3.48. The third-order valence-electron chi connectivity index (χ3n) is 3.48. The molecular formula is C14H16F2N2O3. The Morgan fingerprint density at radius 2 is 1.76 bits per heavy atom. The lowest BCUT2D eigenvalue weighted by Crippen LogP contribution is -2.44. The van der Waals surface area contributed by atoms with Gasteiger partial charge in [-0.3, -0.25) is 4.79 Å². The third kappa shape index (κ3) is 3.48. The number of amides is 1. The number of aromatic carboxylic acids is 1. The molecule has 1 heterocycles. The fourth-order valence-corrected chi connectivity index (χ4v) is 2.53. The molecular weight excluding hydrogens is 282 g/mol. The molecule has 1 saturated heterocycles. The van der Waals surface area contributed by atoms with Gasteiger partial charge in [-0.15, -0.1) is 0 Å². The number of halogens is 2. The van der Waals surface area contributed by atoms with Gasteiger partial charge in [0.25, 0.3) is 0 Å². The second-order valence-electron chi connectivity index (χ2n) is 5.06. The number of anilines is 1. The molecule has 7 heteroatoms. The summed E-state index contributed by atoms with van der Waals surface area (Å²) < 4.78 is 27.9. The van der Waals surface area contributed by atoms with Crippen molar-refractivity contribution in [3.8, 4) is 0 Å². The number of carboxylic acid groups (broad SMARTS) is 1. The summed E-state index contributed by atoms with van der Waals surface area (Å²) >= 11 is 0. The van der Waals surface area contributed by atoms with Gasteiger partial charge in [-0.25, -0.2) is 13.6 Å². The Labute approximate surface area is 120 Å². The lowest BCUT2D eigenvalue weighted by molar-refractivity contribution is -0.119. The summed E-state index contributed by atoms with van der Waals surface area (Å²) in [5.74, 6) is -3.27. The van der Waals surface area contributed by atoms with Crippen LogP contribution in [-0.2, 0) is 4.79 Å². The normalized spacial score (nSPS) is 15.9. The van der Waals surface area contributed by atoms with E-state index < -0.39 is 23.2 Å². The average Bonchev–Trinajstić information content (AvgIpc) is 2.39. The molecule has 2 rings (SSSR count). The van der Waals surface area contributed by atoms with Crippen LogP contribution in [0.3, 0.4) is 0 Å². The molecule has 0 radical (unpaired) electrons. The summed E-state index contributed by atoms with van der Waals surface area (Å²) in [6.07, 6.45) is 1.16. The van der Waals surface area contributed by atoms with E-state index in [2.05, 4.69) is 5.32 Å².